The van der Waals surface area contributed by atoms with E-state index < -0.39 is 152 Å². The van der Waals surface area contributed by atoms with Gasteiger partial charge in [0.1, 0.15) is 11.6 Å². The number of imidazole rings is 1. The number of hydrogen-bond donors (Lipinski definition) is 1. The summed E-state index contributed by atoms with van der Waals surface area (Å²) < 4.78 is 271. The van der Waals surface area contributed by atoms with Gasteiger partial charge in [-0.3, -0.25) is 9.55 Å². The fourth-order valence-electron chi connectivity index (χ4n) is 7.86. The first-order valence-corrected chi connectivity index (χ1v) is 21.1. The van der Waals surface area contributed by atoms with Crippen molar-refractivity contribution in [3.05, 3.63) is 167 Å². The molecule has 0 saturated heterocycles. The summed E-state index contributed by atoms with van der Waals surface area (Å²) in [6.07, 6.45) is 1.25. The van der Waals surface area contributed by atoms with E-state index in [1.54, 1.807) is 78.9 Å². The molecule has 2 aromatic heterocycles. The molecule has 0 fully saturated rings. The molecule has 4 nitrogen and oxygen atoms in total. The van der Waals surface area contributed by atoms with Gasteiger partial charge in [0.05, 0.1) is 33.5 Å². The Bertz CT molecular complexity index is 4210. The van der Waals surface area contributed by atoms with Crippen molar-refractivity contribution in [2.45, 2.75) is 130 Å². The fraction of sp³-hybridized carbons (Fsp3) is 0.323. The number of benzene rings is 6. The van der Waals surface area contributed by atoms with Gasteiger partial charge in [0.15, 0.2) is 0 Å². The summed E-state index contributed by atoms with van der Waals surface area (Å²) in [5, 5.41) is 13.1. The molecule has 4 heteroatoms. The Morgan fingerprint density at radius 1 is 0.485 bits per heavy atom. The van der Waals surface area contributed by atoms with Crippen LogP contribution in [0, 0.1) is 0 Å². The van der Waals surface area contributed by atoms with E-state index in [0.717, 1.165) is 5.56 Å². The third-order valence-electron chi connectivity index (χ3n) is 11.5. The Balaban J connectivity index is 1.57. The maximum Gasteiger partial charge on any atom is 0.149 e. The van der Waals surface area contributed by atoms with Crippen LogP contribution in [0.15, 0.2) is 140 Å². The largest absolute Gasteiger partial charge is 0.507 e. The molecule has 0 unspecified atom stereocenters. The van der Waals surface area contributed by atoms with Gasteiger partial charge >= 0.3 is 0 Å². The number of nitrogens with zero attached hydrogens (tertiary/aromatic N) is 3. The molecular weight excluding hydrogens is 803 g/mol. The van der Waals surface area contributed by atoms with E-state index in [1.807, 2.05) is 47.6 Å². The van der Waals surface area contributed by atoms with Gasteiger partial charge < -0.3 is 5.11 Å². The van der Waals surface area contributed by atoms with Crippen molar-refractivity contribution >= 4 is 11.0 Å². The highest BCUT2D eigenvalue weighted by molar-refractivity contribution is 5.98. The number of rotatable bonds is 6. The average molecular weight is 903 g/mol. The SMILES string of the molecule is [2H]c1c([2H])c(C(C([2H])([2H])[2H])(C([2H])([2H])[2H])C([2H])([2H])[2H])c([2H])c([2H])c1-c1ccnc(-c2cc(-c3cccc4c3nc(-c3cc(C(C([2H])([2H])[2H])(C([2H])([2H])[2H])C([2H])([2H])[2H])cc(C(C([2H])([2H])[2H])(C([2H])([2H])[2H])C([2H])([2H])[2H])c3O)n4-c3ccc(C(C)(C)C)cc3-c3ccccc3)cc(C(C)(C)C)c2)c1. The predicted molar refractivity (Wildman–Crippen MR) is 281 cm³/mol. The molecule has 0 amide bonds. The molecule has 1 N–H and O–H groups in total. The van der Waals surface area contributed by atoms with Crippen LogP contribution in [0.3, 0.4) is 0 Å². The predicted octanol–water partition coefficient (Wildman–Crippen LogP) is 16.9. The van der Waals surface area contributed by atoms with Crippen LogP contribution in [0.5, 0.6) is 5.75 Å². The third-order valence-corrected chi connectivity index (χ3v) is 11.5. The number of phenols is 1. The second kappa shape index (κ2) is 16.6. The number of hydrogen-bond acceptors (Lipinski definition) is 3. The average Bonchev–Trinajstić information content (AvgIpc) is 0.943. The molecule has 0 radical (unpaired) electrons. The Morgan fingerprint density at radius 2 is 1.12 bits per heavy atom. The Kier molecular flexibility index (Phi) is 5.41. The molecule has 0 aliphatic carbocycles. The lowest BCUT2D eigenvalue weighted by Gasteiger charge is -2.28. The van der Waals surface area contributed by atoms with E-state index in [1.165, 1.54) is 22.9 Å². The quantitative estimate of drug-likeness (QED) is 0.181. The smallest absolute Gasteiger partial charge is 0.149 e. The maximum atomic E-state index is 13.1. The number of phenolic OH excluding ortho intramolecular Hbond substituents is 1. The highest BCUT2D eigenvalue weighted by Gasteiger charge is 2.30. The van der Waals surface area contributed by atoms with Gasteiger partial charge in [-0.15, -0.1) is 0 Å². The highest BCUT2D eigenvalue weighted by atomic mass is 16.3. The minimum atomic E-state index is -4.25. The number of para-hydroxylation sites is 1. The van der Waals surface area contributed by atoms with Crippen molar-refractivity contribution < 1.29 is 47.6 Å². The molecule has 0 aliphatic rings. The van der Waals surface area contributed by atoms with Crippen molar-refractivity contribution in [1.29, 1.82) is 0 Å². The van der Waals surface area contributed by atoms with Crippen LogP contribution in [0.1, 0.15) is 174 Å². The normalized spacial score (nSPS) is 21.5. The van der Waals surface area contributed by atoms with Crippen LogP contribution in [-0.4, -0.2) is 19.6 Å². The molecule has 8 rings (SSSR count). The minimum Gasteiger partial charge on any atom is -0.507 e. The minimum absolute atomic E-state index is 0.0186. The van der Waals surface area contributed by atoms with Crippen molar-refractivity contribution in [2.75, 3.05) is 0 Å². The maximum absolute atomic E-state index is 13.1. The topological polar surface area (TPSA) is 50.9 Å². The Labute approximate surface area is 438 Å². The van der Waals surface area contributed by atoms with E-state index in [2.05, 4.69) is 4.98 Å². The molecule has 0 atom stereocenters. The van der Waals surface area contributed by atoms with Gasteiger partial charge in [-0.1, -0.05) is 188 Å². The van der Waals surface area contributed by atoms with E-state index in [9.17, 15) is 7.85 Å². The van der Waals surface area contributed by atoms with Gasteiger partial charge in [0.2, 0.25) is 0 Å². The van der Waals surface area contributed by atoms with Crippen LogP contribution in [0.4, 0.5) is 0 Å². The molecule has 338 valence electrons. The lowest BCUT2D eigenvalue weighted by molar-refractivity contribution is 0.446. The molecule has 8 aromatic rings. The van der Waals surface area contributed by atoms with Crippen LogP contribution in [0.2, 0.25) is 0 Å². The zero-order valence-corrected chi connectivity index (χ0v) is 37.3. The molecule has 2 heterocycles. The van der Waals surface area contributed by atoms with Gasteiger partial charge in [-0.2, -0.15) is 0 Å². The number of aromatic hydroxyl groups is 1. The Hall–Kier alpha value is -6.26. The second-order valence-corrected chi connectivity index (χ2v) is 18.7. The number of aromatic nitrogens is 3. The molecule has 0 bridgehead atoms. The van der Waals surface area contributed by atoms with Crippen LogP contribution in [0.25, 0.3) is 72.7 Å². The molecule has 0 aliphatic heterocycles. The standard InChI is InChI=1S/C62H69N3O/c1-58(2,3)44-26-24-39(25-27-44)41-30-31-63-52(35-41)43-32-42(33-46(34-43)60(7,8)9)48-22-19-23-54-55(48)64-57(50-37-47(61(10,11)12)38-51(56(50)66)62(13,14)15)65(54)53-29-28-45(59(4,5)6)36-49(53)40-20-17-16-18-21-40/h16-38,66H,1-15H3/i1D3,2D3,3D3,10D3,11D3,12D3,13D3,14D3,15D3,24D,25D,26D,27D. The monoisotopic (exact) mass is 903 g/mol. The summed E-state index contributed by atoms with van der Waals surface area (Å²) in [5.41, 5.74) is -15.7. The van der Waals surface area contributed by atoms with Crippen molar-refractivity contribution in [1.82, 2.24) is 14.5 Å². The number of fused-ring (bicyclic) bond motifs is 1. The summed E-state index contributed by atoms with van der Waals surface area (Å²) in [7, 11) is 0. The first-order chi connectivity index (χ1) is 43.7. The van der Waals surface area contributed by atoms with Gasteiger partial charge in [0.25, 0.3) is 0 Å². The van der Waals surface area contributed by atoms with Gasteiger partial charge in [-0.05, 0) is 120 Å². The zero-order chi connectivity index (χ0) is 73.7. The summed E-state index contributed by atoms with van der Waals surface area (Å²) in [6.45, 7) is -25.5. The van der Waals surface area contributed by atoms with Crippen molar-refractivity contribution in [3.63, 3.8) is 0 Å². The highest BCUT2D eigenvalue weighted by Crippen LogP contribution is 2.46. The second-order valence-electron chi connectivity index (χ2n) is 18.7. The molecule has 0 spiro atoms. The fourth-order valence-corrected chi connectivity index (χ4v) is 7.86. The van der Waals surface area contributed by atoms with E-state index in [-0.39, 0.29) is 39.6 Å². The first kappa shape index (κ1) is 21.6. The van der Waals surface area contributed by atoms with E-state index in [0.29, 0.717) is 33.9 Å². The summed E-state index contributed by atoms with van der Waals surface area (Å²) in [5.74, 6) is -2.03. The zero-order valence-electron chi connectivity index (χ0n) is 68.3. The van der Waals surface area contributed by atoms with Crippen LogP contribution in [-0.2, 0) is 27.1 Å². The van der Waals surface area contributed by atoms with Crippen LogP contribution < -0.4 is 0 Å². The van der Waals surface area contributed by atoms with Crippen molar-refractivity contribution in [2.24, 2.45) is 0 Å². The van der Waals surface area contributed by atoms with Gasteiger partial charge in [-0.25, -0.2) is 4.98 Å². The molecule has 0 saturated carbocycles. The third kappa shape index (κ3) is 9.12. The van der Waals surface area contributed by atoms with Crippen molar-refractivity contribution in [3.8, 4) is 67.5 Å². The summed E-state index contributed by atoms with van der Waals surface area (Å²) >= 11 is 0. The Morgan fingerprint density at radius 3 is 1.79 bits per heavy atom. The number of pyridine rings is 1. The van der Waals surface area contributed by atoms with E-state index >= 15 is 0 Å². The molecule has 6 aromatic carbocycles. The molecule has 66 heavy (non-hydrogen) atoms. The lowest BCUT2D eigenvalue weighted by atomic mass is 9.79. The summed E-state index contributed by atoms with van der Waals surface area (Å²) in [4.78, 5) is 9.75. The lowest BCUT2D eigenvalue weighted by Crippen LogP contribution is -2.17. The van der Waals surface area contributed by atoms with Gasteiger partial charge in [0, 0.05) is 65.5 Å². The first-order valence-electron chi connectivity index (χ1n) is 36.6. The summed E-state index contributed by atoms with van der Waals surface area (Å²) in [6, 6.07) is 23.0. The van der Waals surface area contributed by atoms with Crippen LogP contribution >= 0.6 is 0 Å². The molecular formula is C62H69N3O. The van der Waals surface area contributed by atoms with E-state index in [4.69, 9.17) is 44.7 Å².